The standard InChI is InChI=1S/C12H14FNO3/c1-12(6-17-7-12)5-14-8-2-3-10(13)9(4-8)11(15)16/h2-4,14H,5-7H2,1H3,(H,15,16). The van der Waals surface area contributed by atoms with Crippen molar-refractivity contribution in [3.63, 3.8) is 0 Å². The monoisotopic (exact) mass is 239 g/mol. The molecule has 17 heavy (non-hydrogen) atoms. The summed E-state index contributed by atoms with van der Waals surface area (Å²) in [4.78, 5) is 10.8. The van der Waals surface area contributed by atoms with E-state index in [1.807, 2.05) is 0 Å². The number of nitrogens with one attached hydrogen (secondary N) is 1. The van der Waals surface area contributed by atoms with Crippen LogP contribution in [0.5, 0.6) is 0 Å². The van der Waals surface area contributed by atoms with Crippen molar-refractivity contribution in [1.82, 2.24) is 0 Å². The summed E-state index contributed by atoms with van der Waals surface area (Å²) in [5.41, 5.74) is 0.375. The number of anilines is 1. The molecule has 0 aliphatic carbocycles. The SMILES string of the molecule is CC1(CNc2ccc(F)c(C(=O)O)c2)COC1. The molecule has 1 aliphatic heterocycles. The average molecular weight is 239 g/mol. The van der Waals surface area contributed by atoms with Crippen LogP contribution in [0.2, 0.25) is 0 Å². The van der Waals surface area contributed by atoms with Gasteiger partial charge in [-0.25, -0.2) is 9.18 Å². The van der Waals surface area contributed by atoms with Gasteiger partial charge in [0.1, 0.15) is 5.82 Å². The van der Waals surface area contributed by atoms with Gasteiger partial charge in [0.25, 0.3) is 0 Å². The minimum atomic E-state index is -1.26. The Bertz CT molecular complexity index is 443. The number of carboxylic acid groups (broad SMARTS) is 1. The topological polar surface area (TPSA) is 58.6 Å². The van der Waals surface area contributed by atoms with Gasteiger partial charge in [-0.3, -0.25) is 0 Å². The molecule has 0 aromatic heterocycles. The summed E-state index contributed by atoms with van der Waals surface area (Å²) in [6.45, 7) is 4.13. The Morgan fingerprint density at radius 2 is 2.29 bits per heavy atom. The van der Waals surface area contributed by atoms with E-state index >= 15 is 0 Å². The molecule has 0 saturated carbocycles. The minimum Gasteiger partial charge on any atom is -0.478 e. The van der Waals surface area contributed by atoms with Crippen molar-refractivity contribution in [2.24, 2.45) is 5.41 Å². The Hall–Kier alpha value is -1.62. The molecule has 1 fully saturated rings. The van der Waals surface area contributed by atoms with Crippen LogP contribution in [0.15, 0.2) is 18.2 Å². The number of ether oxygens (including phenoxy) is 1. The summed E-state index contributed by atoms with van der Waals surface area (Å²) in [7, 11) is 0. The van der Waals surface area contributed by atoms with E-state index < -0.39 is 11.8 Å². The molecular weight excluding hydrogens is 225 g/mol. The summed E-state index contributed by atoms with van der Waals surface area (Å²) in [6, 6.07) is 4.00. The van der Waals surface area contributed by atoms with E-state index in [2.05, 4.69) is 12.2 Å². The zero-order valence-corrected chi connectivity index (χ0v) is 9.50. The lowest BCUT2D eigenvalue weighted by Crippen LogP contribution is -2.45. The van der Waals surface area contributed by atoms with E-state index in [9.17, 15) is 9.18 Å². The average Bonchev–Trinajstić information content (AvgIpc) is 2.25. The van der Waals surface area contributed by atoms with Gasteiger partial charge < -0.3 is 15.2 Å². The Morgan fingerprint density at radius 3 is 2.82 bits per heavy atom. The second-order valence-corrected chi connectivity index (χ2v) is 4.66. The molecule has 92 valence electrons. The molecule has 5 heteroatoms. The molecule has 1 saturated heterocycles. The summed E-state index contributed by atoms with van der Waals surface area (Å²) < 4.78 is 18.3. The quantitative estimate of drug-likeness (QED) is 0.843. The number of carboxylic acids is 1. The van der Waals surface area contributed by atoms with Crippen molar-refractivity contribution < 1.29 is 19.0 Å². The number of rotatable bonds is 4. The first-order chi connectivity index (χ1) is 8.00. The fourth-order valence-corrected chi connectivity index (χ4v) is 1.67. The van der Waals surface area contributed by atoms with Gasteiger partial charge in [-0.2, -0.15) is 0 Å². The number of aromatic carboxylic acids is 1. The van der Waals surface area contributed by atoms with Gasteiger partial charge in [0, 0.05) is 17.6 Å². The molecule has 0 spiro atoms. The summed E-state index contributed by atoms with van der Waals surface area (Å²) in [6.07, 6.45) is 0. The smallest absolute Gasteiger partial charge is 0.338 e. The Balaban J connectivity index is 2.06. The normalized spacial score (nSPS) is 17.3. The molecule has 0 amide bonds. The number of hydrogen-bond donors (Lipinski definition) is 2. The molecule has 2 N–H and O–H groups in total. The molecule has 2 rings (SSSR count). The third-order valence-electron chi connectivity index (χ3n) is 2.82. The lowest BCUT2D eigenvalue weighted by Gasteiger charge is -2.38. The van der Waals surface area contributed by atoms with Crippen molar-refractivity contribution >= 4 is 11.7 Å². The van der Waals surface area contributed by atoms with E-state index in [0.29, 0.717) is 25.4 Å². The molecule has 0 bridgehead atoms. The molecule has 1 heterocycles. The lowest BCUT2D eigenvalue weighted by atomic mass is 9.88. The molecule has 0 atom stereocenters. The maximum atomic E-state index is 13.1. The zero-order chi connectivity index (χ0) is 12.5. The van der Waals surface area contributed by atoms with E-state index in [1.165, 1.54) is 12.1 Å². The highest BCUT2D eigenvalue weighted by molar-refractivity contribution is 5.89. The van der Waals surface area contributed by atoms with Crippen LogP contribution in [-0.2, 0) is 4.74 Å². The largest absolute Gasteiger partial charge is 0.478 e. The highest BCUT2D eigenvalue weighted by Gasteiger charge is 2.32. The van der Waals surface area contributed by atoms with E-state index in [1.54, 1.807) is 0 Å². The highest BCUT2D eigenvalue weighted by atomic mass is 19.1. The van der Waals surface area contributed by atoms with Crippen LogP contribution in [-0.4, -0.2) is 30.8 Å². The van der Waals surface area contributed by atoms with Crippen LogP contribution >= 0.6 is 0 Å². The van der Waals surface area contributed by atoms with Gasteiger partial charge >= 0.3 is 5.97 Å². The first-order valence-electron chi connectivity index (χ1n) is 5.35. The van der Waals surface area contributed by atoms with Gasteiger partial charge in [-0.05, 0) is 18.2 Å². The van der Waals surface area contributed by atoms with E-state index in [-0.39, 0.29) is 11.0 Å². The Morgan fingerprint density at radius 1 is 1.59 bits per heavy atom. The maximum Gasteiger partial charge on any atom is 0.338 e. The summed E-state index contributed by atoms with van der Waals surface area (Å²) >= 11 is 0. The van der Waals surface area contributed by atoms with Crippen molar-refractivity contribution in [2.75, 3.05) is 25.1 Å². The first kappa shape index (κ1) is 11.9. The molecule has 1 aromatic rings. The van der Waals surface area contributed by atoms with Crippen molar-refractivity contribution in [3.8, 4) is 0 Å². The molecule has 1 aliphatic rings. The van der Waals surface area contributed by atoms with Crippen LogP contribution < -0.4 is 5.32 Å². The Labute approximate surface area is 98.4 Å². The molecule has 0 unspecified atom stereocenters. The minimum absolute atomic E-state index is 0.0811. The summed E-state index contributed by atoms with van der Waals surface area (Å²) in [5, 5.41) is 11.9. The third kappa shape index (κ3) is 2.55. The van der Waals surface area contributed by atoms with Gasteiger partial charge in [-0.1, -0.05) is 6.92 Å². The number of hydrogen-bond acceptors (Lipinski definition) is 3. The van der Waals surface area contributed by atoms with Crippen LogP contribution in [0, 0.1) is 11.2 Å². The molecule has 0 radical (unpaired) electrons. The molecule has 1 aromatic carbocycles. The maximum absolute atomic E-state index is 13.1. The van der Waals surface area contributed by atoms with Gasteiger partial charge in [0.15, 0.2) is 0 Å². The van der Waals surface area contributed by atoms with Crippen LogP contribution in [0.3, 0.4) is 0 Å². The third-order valence-corrected chi connectivity index (χ3v) is 2.82. The summed E-state index contributed by atoms with van der Waals surface area (Å²) in [5.74, 6) is -1.98. The van der Waals surface area contributed by atoms with Crippen LogP contribution in [0.4, 0.5) is 10.1 Å². The van der Waals surface area contributed by atoms with E-state index in [4.69, 9.17) is 9.84 Å². The van der Waals surface area contributed by atoms with Crippen LogP contribution in [0.1, 0.15) is 17.3 Å². The van der Waals surface area contributed by atoms with Crippen molar-refractivity contribution in [3.05, 3.63) is 29.6 Å². The lowest BCUT2D eigenvalue weighted by molar-refractivity contribution is -0.0924. The molecule has 4 nitrogen and oxygen atoms in total. The first-order valence-corrected chi connectivity index (χ1v) is 5.35. The number of benzene rings is 1. The predicted octanol–water partition coefficient (Wildman–Crippen LogP) is 1.97. The van der Waals surface area contributed by atoms with Crippen molar-refractivity contribution in [1.29, 1.82) is 0 Å². The number of carbonyl (C=O) groups is 1. The van der Waals surface area contributed by atoms with E-state index in [0.717, 1.165) is 6.07 Å². The van der Waals surface area contributed by atoms with Gasteiger partial charge in [0.05, 0.1) is 18.8 Å². The number of halogens is 1. The predicted molar refractivity (Wildman–Crippen MR) is 60.8 cm³/mol. The fraction of sp³-hybridized carbons (Fsp3) is 0.417. The fourth-order valence-electron chi connectivity index (χ4n) is 1.67. The molecular formula is C12H14FNO3. The second kappa shape index (κ2) is 4.33. The van der Waals surface area contributed by atoms with Crippen molar-refractivity contribution in [2.45, 2.75) is 6.92 Å². The van der Waals surface area contributed by atoms with Gasteiger partial charge in [0.2, 0.25) is 0 Å². The van der Waals surface area contributed by atoms with Crippen LogP contribution in [0.25, 0.3) is 0 Å². The van der Waals surface area contributed by atoms with Gasteiger partial charge in [-0.15, -0.1) is 0 Å². The highest BCUT2D eigenvalue weighted by Crippen LogP contribution is 2.27. The zero-order valence-electron chi connectivity index (χ0n) is 9.50. The Kier molecular flexibility index (Phi) is 3.02. The second-order valence-electron chi connectivity index (χ2n) is 4.66.